The lowest BCUT2D eigenvalue weighted by molar-refractivity contribution is 0.0980. The summed E-state index contributed by atoms with van der Waals surface area (Å²) in [6.07, 6.45) is 1.88. The molecule has 86 valence electrons. The van der Waals surface area contributed by atoms with Crippen molar-refractivity contribution in [3.63, 3.8) is 0 Å². The molecule has 0 aliphatic heterocycles. The van der Waals surface area contributed by atoms with Crippen molar-refractivity contribution < 1.29 is 9.18 Å². The Kier molecular flexibility index (Phi) is 2.83. The predicted molar refractivity (Wildman–Crippen MR) is 62.5 cm³/mol. The van der Waals surface area contributed by atoms with Gasteiger partial charge in [-0.25, -0.2) is 4.39 Å². The second kappa shape index (κ2) is 4.00. The normalized spacial score (nSPS) is 19.9. The maximum Gasteiger partial charge on any atom is 0.160 e. The molecule has 2 heteroatoms. The molecule has 1 fully saturated rings. The summed E-state index contributed by atoms with van der Waals surface area (Å²) in [5.41, 5.74) is 1.19. The van der Waals surface area contributed by atoms with Crippen LogP contribution in [0, 0.1) is 0 Å². The average Bonchev–Trinajstić information content (AvgIpc) is 2.15. The van der Waals surface area contributed by atoms with Gasteiger partial charge in [0.15, 0.2) is 5.78 Å². The van der Waals surface area contributed by atoms with Crippen LogP contribution in [0.3, 0.4) is 0 Å². The SMILES string of the molecule is CC(=O)c1ccccc1C1(C(C)F)CCC1. The largest absolute Gasteiger partial charge is 0.295 e. The van der Waals surface area contributed by atoms with Gasteiger partial charge < -0.3 is 0 Å². The fraction of sp³-hybridized carbons (Fsp3) is 0.500. The van der Waals surface area contributed by atoms with E-state index in [0.717, 1.165) is 24.8 Å². The summed E-state index contributed by atoms with van der Waals surface area (Å²) < 4.78 is 13.8. The first-order valence-corrected chi connectivity index (χ1v) is 5.82. The first kappa shape index (κ1) is 11.3. The topological polar surface area (TPSA) is 17.1 Å². The monoisotopic (exact) mass is 220 g/mol. The molecule has 1 atom stereocenters. The summed E-state index contributed by atoms with van der Waals surface area (Å²) in [7, 11) is 0. The molecule has 16 heavy (non-hydrogen) atoms. The molecule has 2 rings (SSSR count). The van der Waals surface area contributed by atoms with E-state index in [1.807, 2.05) is 18.2 Å². The standard InChI is InChI=1S/C14H17FO/c1-10(16)12-6-3-4-7-13(12)14(11(2)15)8-5-9-14/h3-4,6-7,11H,5,8-9H2,1-2H3. The van der Waals surface area contributed by atoms with Crippen molar-refractivity contribution in [3.05, 3.63) is 35.4 Å². The van der Waals surface area contributed by atoms with Crippen molar-refractivity contribution in [2.45, 2.75) is 44.7 Å². The predicted octanol–water partition coefficient (Wildman–Crippen LogP) is 3.67. The molecule has 0 saturated heterocycles. The van der Waals surface area contributed by atoms with Gasteiger partial charge in [0.1, 0.15) is 6.17 Å². The Hall–Kier alpha value is -1.18. The Morgan fingerprint density at radius 2 is 2.00 bits per heavy atom. The molecular weight excluding hydrogens is 203 g/mol. The second-order valence-corrected chi connectivity index (χ2v) is 4.73. The van der Waals surface area contributed by atoms with E-state index in [2.05, 4.69) is 0 Å². The number of halogens is 1. The number of carbonyl (C=O) groups excluding carboxylic acids is 1. The van der Waals surface area contributed by atoms with Crippen molar-refractivity contribution in [2.75, 3.05) is 0 Å². The number of benzene rings is 1. The first-order valence-electron chi connectivity index (χ1n) is 5.82. The van der Waals surface area contributed by atoms with Gasteiger partial charge in [-0.3, -0.25) is 4.79 Å². The molecule has 0 amide bonds. The average molecular weight is 220 g/mol. The molecule has 1 aromatic carbocycles. The van der Waals surface area contributed by atoms with Gasteiger partial charge in [-0.2, -0.15) is 0 Å². The number of alkyl halides is 1. The fourth-order valence-electron chi connectivity index (χ4n) is 2.66. The third-order valence-corrected chi connectivity index (χ3v) is 3.85. The van der Waals surface area contributed by atoms with Crippen LogP contribution < -0.4 is 0 Å². The van der Waals surface area contributed by atoms with Crippen LogP contribution in [0.15, 0.2) is 24.3 Å². The number of rotatable bonds is 3. The zero-order valence-corrected chi connectivity index (χ0v) is 9.79. The van der Waals surface area contributed by atoms with Crippen molar-refractivity contribution in [1.29, 1.82) is 0 Å². The molecule has 0 bridgehead atoms. The van der Waals surface area contributed by atoms with Crippen molar-refractivity contribution >= 4 is 5.78 Å². The van der Waals surface area contributed by atoms with Gasteiger partial charge in [-0.15, -0.1) is 0 Å². The Labute approximate surface area is 95.7 Å². The van der Waals surface area contributed by atoms with E-state index in [1.54, 1.807) is 19.9 Å². The van der Waals surface area contributed by atoms with Gasteiger partial charge in [0.25, 0.3) is 0 Å². The lowest BCUT2D eigenvalue weighted by Gasteiger charge is -2.44. The fourth-order valence-corrected chi connectivity index (χ4v) is 2.66. The minimum absolute atomic E-state index is 0.0301. The third kappa shape index (κ3) is 1.57. The third-order valence-electron chi connectivity index (χ3n) is 3.85. The number of ketones is 1. The van der Waals surface area contributed by atoms with E-state index in [9.17, 15) is 9.18 Å². The quantitative estimate of drug-likeness (QED) is 0.710. The van der Waals surface area contributed by atoms with Crippen LogP contribution >= 0.6 is 0 Å². The lowest BCUT2D eigenvalue weighted by Crippen LogP contribution is -2.43. The lowest BCUT2D eigenvalue weighted by atomic mass is 9.61. The minimum atomic E-state index is -0.887. The van der Waals surface area contributed by atoms with Crippen LogP contribution in [0.2, 0.25) is 0 Å². The molecule has 1 unspecified atom stereocenters. The smallest absolute Gasteiger partial charge is 0.160 e. The molecule has 0 heterocycles. The second-order valence-electron chi connectivity index (χ2n) is 4.73. The van der Waals surface area contributed by atoms with Gasteiger partial charge in [0.05, 0.1) is 0 Å². The summed E-state index contributed by atoms with van der Waals surface area (Å²) in [4.78, 5) is 11.6. The van der Waals surface area contributed by atoms with Crippen LogP contribution in [0.4, 0.5) is 4.39 Å². The Balaban J connectivity index is 2.50. The van der Waals surface area contributed by atoms with Gasteiger partial charge in [-0.05, 0) is 32.3 Å². The summed E-state index contributed by atoms with van der Waals surface area (Å²) >= 11 is 0. The Morgan fingerprint density at radius 1 is 1.38 bits per heavy atom. The van der Waals surface area contributed by atoms with Crippen LogP contribution in [-0.2, 0) is 5.41 Å². The van der Waals surface area contributed by atoms with Gasteiger partial charge >= 0.3 is 0 Å². The van der Waals surface area contributed by atoms with Gasteiger partial charge in [0.2, 0.25) is 0 Å². The van der Waals surface area contributed by atoms with Crippen molar-refractivity contribution in [1.82, 2.24) is 0 Å². The zero-order valence-electron chi connectivity index (χ0n) is 9.79. The van der Waals surface area contributed by atoms with Crippen molar-refractivity contribution in [2.24, 2.45) is 0 Å². The highest BCUT2D eigenvalue weighted by atomic mass is 19.1. The van der Waals surface area contributed by atoms with Gasteiger partial charge in [-0.1, -0.05) is 30.7 Å². The number of carbonyl (C=O) groups is 1. The Morgan fingerprint density at radius 3 is 2.44 bits per heavy atom. The minimum Gasteiger partial charge on any atom is -0.295 e. The van der Waals surface area contributed by atoms with E-state index < -0.39 is 11.6 Å². The molecule has 1 aliphatic rings. The van der Waals surface area contributed by atoms with E-state index in [1.165, 1.54) is 0 Å². The first-order chi connectivity index (χ1) is 7.58. The molecule has 0 N–H and O–H groups in total. The maximum absolute atomic E-state index is 13.8. The summed E-state index contributed by atoms with van der Waals surface area (Å²) in [6, 6.07) is 7.45. The molecule has 1 nitrogen and oxygen atoms in total. The number of Topliss-reactive ketones (excluding diaryl/α,β-unsaturated/α-hetero) is 1. The van der Waals surface area contributed by atoms with E-state index in [4.69, 9.17) is 0 Å². The van der Waals surface area contributed by atoms with Crippen LogP contribution in [-0.4, -0.2) is 12.0 Å². The Bertz CT molecular complexity index is 405. The summed E-state index contributed by atoms with van der Waals surface area (Å²) in [6.45, 7) is 3.16. The van der Waals surface area contributed by atoms with E-state index in [0.29, 0.717) is 5.56 Å². The molecule has 0 spiro atoms. The molecule has 1 aliphatic carbocycles. The molecule has 1 aromatic rings. The summed E-state index contributed by atoms with van der Waals surface area (Å²) in [5.74, 6) is 0.0301. The van der Waals surface area contributed by atoms with Crippen LogP contribution in [0.1, 0.15) is 49.0 Å². The maximum atomic E-state index is 13.8. The van der Waals surface area contributed by atoms with E-state index >= 15 is 0 Å². The molecule has 0 aromatic heterocycles. The molecule has 1 saturated carbocycles. The molecular formula is C14H17FO. The van der Waals surface area contributed by atoms with E-state index in [-0.39, 0.29) is 5.78 Å². The summed E-state index contributed by atoms with van der Waals surface area (Å²) in [5, 5.41) is 0. The van der Waals surface area contributed by atoms with Crippen LogP contribution in [0.5, 0.6) is 0 Å². The van der Waals surface area contributed by atoms with Crippen LogP contribution in [0.25, 0.3) is 0 Å². The zero-order chi connectivity index (χ0) is 11.8. The highest BCUT2D eigenvalue weighted by molar-refractivity contribution is 5.96. The highest BCUT2D eigenvalue weighted by Crippen LogP contribution is 2.48. The van der Waals surface area contributed by atoms with Gasteiger partial charge in [0, 0.05) is 11.0 Å². The molecule has 0 radical (unpaired) electrons. The number of hydrogen-bond donors (Lipinski definition) is 0. The number of hydrogen-bond acceptors (Lipinski definition) is 1. The van der Waals surface area contributed by atoms with Crippen molar-refractivity contribution in [3.8, 4) is 0 Å². The highest BCUT2D eigenvalue weighted by Gasteiger charge is 2.45.